The summed E-state index contributed by atoms with van der Waals surface area (Å²) >= 11 is 0. The lowest BCUT2D eigenvalue weighted by Gasteiger charge is -2.66. The summed E-state index contributed by atoms with van der Waals surface area (Å²) in [6.45, 7) is 16.9. The molecule has 4 aliphatic carbocycles. The highest BCUT2D eigenvalue weighted by atomic mass is 16.3. The van der Waals surface area contributed by atoms with Gasteiger partial charge in [0.25, 0.3) is 0 Å². The maximum atomic E-state index is 12.8. The number of carbonyl (C=O) groups excluding carboxylic acids is 1. The van der Waals surface area contributed by atoms with Gasteiger partial charge in [-0.25, -0.2) is 0 Å². The van der Waals surface area contributed by atoms with Crippen molar-refractivity contribution < 1.29 is 20.1 Å². The van der Waals surface area contributed by atoms with E-state index in [1.165, 1.54) is 0 Å². The summed E-state index contributed by atoms with van der Waals surface area (Å²) in [6.07, 6.45) is 10.3. The first-order valence-corrected chi connectivity index (χ1v) is 13.7. The average Bonchev–Trinajstić information content (AvgIpc) is 2.89. The van der Waals surface area contributed by atoms with Gasteiger partial charge >= 0.3 is 0 Å². The third kappa shape index (κ3) is 3.68. The molecule has 0 aliphatic heterocycles. The SMILES string of the molecule is CC(C)(O)/C=C/C[C@](C)(O)[C@@H]1[C@H](O)C[C@]2(C)[C@H]3CC[C@H]4C(C)(C)C(=O)CC[C@]4(C)[C@@H]3CC[C@]12C. The van der Waals surface area contributed by atoms with E-state index in [1.54, 1.807) is 19.9 Å². The summed E-state index contributed by atoms with van der Waals surface area (Å²) in [4.78, 5) is 12.8. The van der Waals surface area contributed by atoms with Gasteiger partial charge in [-0.15, -0.1) is 0 Å². The molecule has 0 amide bonds. The number of rotatable bonds is 4. The average molecular weight is 475 g/mol. The van der Waals surface area contributed by atoms with Crippen LogP contribution in [0.25, 0.3) is 0 Å². The van der Waals surface area contributed by atoms with Crippen molar-refractivity contribution in [1.82, 2.24) is 0 Å². The molecule has 0 aromatic heterocycles. The summed E-state index contributed by atoms with van der Waals surface area (Å²) in [7, 11) is 0. The van der Waals surface area contributed by atoms with Gasteiger partial charge in [0.05, 0.1) is 17.3 Å². The number of hydrogen-bond acceptors (Lipinski definition) is 4. The van der Waals surface area contributed by atoms with Crippen molar-refractivity contribution in [2.45, 2.75) is 124 Å². The summed E-state index contributed by atoms with van der Waals surface area (Å²) in [6, 6.07) is 0. The van der Waals surface area contributed by atoms with Crippen LogP contribution in [0.15, 0.2) is 12.2 Å². The van der Waals surface area contributed by atoms with Crippen LogP contribution >= 0.6 is 0 Å². The number of aliphatic hydroxyl groups is 3. The van der Waals surface area contributed by atoms with E-state index < -0.39 is 17.3 Å². The molecule has 4 rings (SSSR count). The lowest BCUT2D eigenvalue weighted by atomic mass is 9.38. The third-order valence-electron chi connectivity index (χ3n) is 11.9. The first-order valence-electron chi connectivity index (χ1n) is 13.7. The highest BCUT2D eigenvalue weighted by Crippen LogP contribution is 2.74. The lowest BCUT2D eigenvalue weighted by Crippen LogP contribution is -2.61. The number of Topliss-reactive ketones (excluding diaryl/α,β-unsaturated/α-hetero) is 1. The normalized spacial score (nSPS) is 48.2. The van der Waals surface area contributed by atoms with Gasteiger partial charge < -0.3 is 15.3 Å². The van der Waals surface area contributed by atoms with Gasteiger partial charge in [-0.05, 0) is 99.7 Å². The van der Waals surface area contributed by atoms with Gasteiger partial charge in [0.1, 0.15) is 5.78 Å². The Hall–Kier alpha value is -0.710. The van der Waals surface area contributed by atoms with E-state index in [9.17, 15) is 20.1 Å². The van der Waals surface area contributed by atoms with Gasteiger partial charge in [-0.3, -0.25) is 4.79 Å². The maximum absolute atomic E-state index is 12.8. The van der Waals surface area contributed by atoms with E-state index >= 15 is 0 Å². The topological polar surface area (TPSA) is 77.8 Å². The Labute approximate surface area is 207 Å². The molecule has 0 bridgehead atoms. The van der Waals surface area contributed by atoms with Crippen molar-refractivity contribution in [3.63, 3.8) is 0 Å². The van der Waals surface area contributed by atoms with Crippen molar-refractivity contribution in [2.24, 2.45) is 45.3 Å². The third-order valence-corrected chi connectivity index (χ3v) is 11.9. The van der Waals surface area contributed by atoms with E-state index in [-0.39, 0.29) is 27.6 Å². The molecule has 4 nitrogen and oxygen atoms in total. The highest BCUT2D eigenvalue weighted by molar-refractivity contribution is 5.85. The largest absolute Gasteiger partial charge is 0.393 e. The molecule has 4 fully saturated rings. The van der Waals surface area contributed by atoms with Crippen molar-refractivity contribution in [2.75, 3.05) is 0 Å². The zero-order valence-corrected chi connectivity index (χ0v) is 22.9. The van der Waals surface area contributed by atoms with Gasteiger partial charge in [0, 0.05) is 17.8 Å². The van der Waals surface area contributed by atoms with Crippen LogP contribution in [0, 0.1) is 45.3 Å². The van der Waals surface area contributed by atoms with E-state index in [2.05, 4.69) is 34.6 Å². The summed E-state index contributed by atoms with van der Waals surface area (Å²) in [5, 5.41) is 33.2. The van der Waals surface area contributed by atoms with Crippen molar-refractivity contribution in [3.8, 4) is 0 Å². The van der Waals surface area contributed by atoms with E-state index in [0.29, 0.717) is 36.4 Å². The molecule has 3 N–H and O–H groups in total. The molecular weight excluding hydrogens is 424 g/mol. The molecule has 0 heterocycles. The van der Waals surface area contributed by atoms with Crippen LogP contribution in [0.5, 0.6) is 0 Å². The standard InChI is InChI=1S/C30H50O4/c1-25(2,33)14-9-15-30(8,34)24-21(31)18-29(7)20-10-11-22-26(3,4)23(32)13-16-27(22,5)19(20)12-17-28(24,29)6/h9,14,19-22,24,31,33-34H,10-13,15-18H2,1-8H3/b14-9+/t19-,20+,21-,22+,24-,27-,28-,29-,30+/m1/s1. The minimum absolute atomic E-state index is 0.0382. The molecule has 4 heteroatoms. The number of carbonyl (C=O) groups is 1. The second-order valence-corrected chi connectivity index (χ2v) is 14.7. The second-order valence-electron chi connectivity index (χ2n) is 14.7. The molecule has 194 valence electrons. The number of fused-ring (bicyclic) bond motifs is 5. The zero-order valence-electron chi connectivity index (χ0n) is 22.9. The highest BCUT2D eigenvalue weighted by Gasteiger charge is 2.70. The van der Waals surface area contributed by atoms with Crippen LogP contribution in [0.2, 0.25) is 0 Å². The van der Waals surface area contributed by atoms with Crippen LogP contribution < -0.4 is 0 Å². The van der Waals surface area contributed by atoms with Crippen LogP contribution in [0.3, 0.4) is 0 Å². The van der Waals surface area contributed by atoms with Crippen LogP contribution in [0.4, 0.5) is 0 Å². The number of ketones is 1. The van der Waals surface area contributed by atoms with Crippen molar-refractivity contribution in [1.29, 1.82) is 0 Å². The van der Waals surface area contributed by atoms with Crippen LogP contribution in [-0.4, -0.2) is 38.4 Å². The Morgan fingerprint density at radius 2 is 1.59 bits per heavy atom. The van der Waals surface area contributed by atoms with Crippen molar-refractivity contribution >= 4 is 5.78 Å². The monoisotopic (exact) mass is 474 g/mol. The maximum Gasteiger partial charge on any atom is 0.138 e. The molecule has 0 saturated heterocycles. The smallest absolute Gasteiger partial charge is 0.138 e. The molecule has 0 spiro atoms. The molecule has 9 atom stereocenters. The van der Waals surface area contributed by atoms with Crippen LogP contribution in [-0.2, 0) is 4.79 Å². The van der Waals surface area contributed by atoms with Gasteiger partial charge in [0.15, 0.2) is 0 Å². The van der Waals surface area contributed by atoms with Crippen molar-refractivity contribution in [3.05, 3.63) is 12.2 Å². The van der Waals surface area contributed by atoms with E-state index in [4.69, 9.17) is 0 Å². The fraction of sp³-hybridized carbons (Fsp3) is 0.900. The van der Waals surface area contributed by atoms with Gasteiger partial charge in [0.2, 0.25) is 0 Å². The first kappa shape index (κ1) is 26.4. The molecule has 0 aromatic rings. The summed E-state index contributed by atoms with van der Waals surface area (Å²) in [5.74, 6) is 1.76. The summed E-state index contributed by atoms with van der Waals surface area (Å²) in [5.41, 5.74) is -2.21. The lowest BCUT2D eigenvalue weighted by molar-refractivity contribution is -0.192. The molecule has 4 saturated carbocycles. The predicted octanol–water partition coefficient (Wildman–Crippen LogP) is 5.68. The Morgan fingerprint density at radius 1 is 0.941 bits per heavy atom. The number of hydrogen-bond donors (Lipinski definition) is 3. The zero-order chi connectivity index (χ0) is 25.5. The Bertz CT molecular complexity index is 850. The molecule has 0 aromatic carbocycles. The molecule has 0 unspecified atom stereocenters. The fourth-order valence-corrected chi connectivity index (χ4v) is 10.2. The van der Waals surface area contributed by atoms with Gasteiger partial charge in [-0.1, -0.05) is 46.8 Å². The Kier molecular flexibility index (Phi) is 6.12. The van der Waals surface area contributed by atoms with E-state index in [1.807, 2.05) is 13.0 Å². The minimum Gasteiger partial charge on any atom is -0.393 e. The minimum atomic E-state index is -1.04. The van der Waals surface area contributed by atoms with E-state index in [0.717, 1.165) is 38.5 Å². The molecule has 4 aliphatic rings. The molecule has 34 heavy (non-hydrogen) atoms. The fourth-order valence-electron chi connectivity index (χ4n) is 10.2. The Balaban J connectivity index is 1.65. The number of aliphatic hydroxyl groups excluding tert-OH is 1. The predicted molar refractivity (Wildman–Crippen MR) is 136 cm³/mol. The Morgan fingerprint density at radius 3 is 2.21 bits per heavy atom. The second kappa shape index (κ2) is 7.89. The first-order chi connectivity index (χ1) is 15.4. The molecule has 0 radical (unpaired) electrons. The van der Waals surface area contributed by atoms with Crippen LogP contribution in [0.1, 0.15) is 107 Å². The summed E-state index contributed by atoms with van der Waals surface area (Å²) < 4.78 is 0. The van der Waals surface area contributed by atoms with Gasteiger partial charge in [-0.2, -0.15) is 0 Å². The molecular formula is C30H50O4. The quantitative estimate of drug-likeness (QED) is 0.458.